The highest BCUT2D eigenvalue weighted by molar-refractivity contribution is 6.30. The van der Waals surface area contributed by atoms with E-state index in [2.05, 4.69) is 22.8 Å². The van der Waals surface area contributed by atoms with Gasteiger partial charge in [-0.3, -0.25) is 0 Å². The van der Waals surface area contributed by atoms with Crippen LogP contribution in [0.3, 0.4) is 0 Å². The van der Waals surface area contributed by atoms with Crippen molar-refractivity contribution in [1.82, 2.24) is 10.6 Å². The second-order valence-corrected chi connectivity index (χ2v) is 4.92. The molecule has 2 nitrogen and oxygen atoms in total. The molecule has 88 valence electrons. The number of hydrogen-bond acceptors (Lipinski definition) is 2. The summed E-state index contributed by atoms with van der Waals surface area (Å²) < 4.78 is 0. The van der Waals surface area contributed by atoms with E-state index in [1.54, 1.807) is 0 Å². The van der Waals surface area contributed by atoms with Crippen molar-refractivity contribution in [2.75, 3.05) is 20.1 Å². The van der Waals surface area contributed by atoms with Crippen molar-refractivity contribution >= 4 is 11.6 Å². The highest BCUT2D eigenvalue weighted by Crippen LogP contribution is 2.25. The van der Waals surface area contributed by atoms with Gasteiger partial charge in [-0.1, -0.05) is 23.7 Å². The van der Waals surface area contributed by atoms with Gasteiger partial charge in [-0.2, -0.15) is 0 Å². The minimum atomic E-state index is 0.446. The van der Waals surface area contributed by atoms with Gasteiger partial charge in [0.25, 0.3) is 0 Å². The standard InChI is InChI=1S/C13H19ClN2/c1-15-13(8-10-6-7-16-9-10)11-2-4-12(14)5-3-11/h2-5,10,13,15-16H,6-9H2,1H3. The molecule has 2 N–H and O–H groups in total. The van der Waals surface area contributed by atoms with E-state index < -0.39 is 0 Å². The van der Waals surface area contributed by atoms with E-state index in [-0.39, 0.29) is 0 Å². The molecule has 1 aromatic rings. The van der Waals surface area contributed by atoms with E-state index in [4.69, 9.17) is 11.6 Å². The first kappa shape index (κ1) is 11.9. The van der Waals surface area contributed by atoms with Crippen LogP contribution in [0.15, 0.2) is 24.3 Å². The van der Waals surface area contributed by atoms with Crippen LogP contribution in [-0.2, 0) is 0 Å². The van der Waals surface area contributed by atoms with Crippen LogP contribution >= 0.6 is 11.6 Å². The van der Waals surface area contributed by atoms with Crippen LogP contribution < -0.4 is 10.6 Å². The minimum absolute atomic E-state index is 0.446. The van der Waals surface area contributed by atoms with Crippen molar-refractivity contribution in [1.29, 1.82) is 0 Å². The maximum atomic E-state index is 5.90. The molecule has 3 heteroatoms. The summed E-state index contributed by atoms with van der Waals surface area (Å²) in [6, 6.07) is 8.61. The molecule has 0 radical (unpaired) electrons. The molecule has 0 spiro atoms. The third-order valence-electron chi connectivity index (χ3n) is 3.35. The molecule has 0 saturated carbocycles. The highest BCUT2D eigenvalue weighted by atomic mass is 35.5. The van der Waals surface area contributed by atoms with Gasteiger partial charge in [0.2, 0.25) is 0 Å². The zero-order valence-corrected chi connectivity index (χ0v) is 10.4. The molecular formula is C13H19ClN2. The van der Waals surface area contributed by atoms with Gasteiger partial charge in [-0.05, 0) is 56.6 Å². The van der Waals surface area contributed by atoms with Crippen LogP contribution in [0.1, 0.15) is 24.4 Å². The maximum absolute atomic E-state index is 5.90. The van der Waals surface area contributed by atoms with Crippen molar-refractivity contribution < 1.29 is 0 Å². The largest absolute Gasteiger partial charge is 0.316 e. The fourth-order valence-electron chi connectivity index (χ4n) is 2.36. The highest BCUT2D eigenvalue weighted by Gasteiger charge is 2.19. The van der Waals surface area contributed by atoms with Crippen molar-refractivity contribution in [3.05, 3.63) is 34.9 Å². The molecule has 1 fully saturated rings. The summed E-state index contributed by atoms with van der Waals surface area (Å²) in [5.74, 6) is 0.799. The zero-order chi connectivity index (χ0) is 11.4. The van der Waals surface area contributed by atoms with E-state index in [0.717, 1.165) is 17.5 Å². The fraction of sp³-hybridized carbons (Fsp3) is 0.538. The molecule has 1 aromatic carbocycles. The predicted octanol–water partition coefficient (Wildman–Crippen LogP) is 2.60. The molecule has 0 bridgehead atoms. The molecule has 1 aliphatic rings. The summed E-state index contributed by atoms with van der Waals surface area (Å²) in [5, 5.41) is 7.61. The average molecular weight is 239 g/mol. The van der Waals surface area contributed by atoms with Gasteiger partial charge in [0.15, 0.2) is 0 Å². The SMILES string of the molecule is CNC(CC1CCNC1)c1ccc(Cl)cc1. The summed E-state index contributed by atoms with van der Waals surface area (Å²) in [4.78, 5) is 0. The lowest BCUT2D eigenvalue weighted by Crippen LogP contribution is -2.21. The first-order valence-electron chi connectivity index (χ1n) is 5.93. The number of rotatable bonds is 4. The Labute approximate surface area is 102 Å². The predicted molar refractivity (Wildman–Crippen MR) is 68.8 cm³/mol. The van der Waals surface area contributed by atoms with Gasteiger partial charge >= 0.3 is 0 Å². The van der Waals surface area contributed by atoms with Crippen molar-refractivity contribution in [3.63, 3.8) is 0 Å². The van der Waals surface area contributed by atoms with Crippen LogP contribution in [0.5, 0.6) is 0 Å². The van der Waals surface area contributed by atoms with E-state index in [9.17, 15) is 0 Å². The summed E-state index contributed by atoms with van der Waals surface area (Å²) in [6.07, 6.45) is 2.50. The summed E-state index contributed by atoms with van der Waals surface area (Å²) >= 11 is 5.90. The zero-order valence-electron chi connectivity index (χ0n) is 9.67. The Hall–Kier alpha value is -0.570. The van der Waals surface area contributed by atoms with Gasteiger partial charge in [0, 0.05) is 11.1 Å². The van der Waals surface area contributed by atoms with Crippen molar-refractivity contribution in [3.8, 4) is 0 Å². The fourth-order valence-corrected chi connectivity index (χ4v) is 2.49. The molecule has 1 saturated heterocycles. The third kappa shape index (κ3) is 2.97. The van der Waals surface area contributed by atoms with Crippen LogP contribution in [0, 0.1) is 5.92 Å². The molecule has 1 aliphatic heterocycles. The van der Waals surface area contributed by atoms with E-state index in [0.29, 0.717) is 6.04 Å². The molecular weight excluding hydrogens is 220 g/mol. The summed E-state index contributed by atoms with van der Waals surface area (Å²) in [5.41, 5.74) is 1.33. The van der Waals surface area contributed by atoms with Crippen LogP contribution in [0.25, 0.3) is 0 Å². The van der Waals surface area contributed by atoms with Gasteiger partial charge in [-0.15, -0.1) is 0 Å². The maximum Gasteiger partial charge on any atom is 0.0406 e. The Bertz CT molecular complexity index is 317. The Balaban J connectivity index is 2.00. The van der Waals surface area contributed by atoms with Gasteiger partial charge in [-0.25, -0.2) is 0 Å². The van der Waals surface area contributed by atoms with Crippen molar-refractivity contribution in [2.45, 2.75) is 18.9 Å². The lowest BCUT2D eigenvalue weighted by Gasteiger charge is -2.20. The van der Waals surface area contributed by atoms with E-state index in [1.165, 1.54) is 24.9 Å². The van der Waals surface area contributed by atoms with Crippen LogP contribution in [0.2, 0.25) is 5.02 Å². The average Bonchev–Trinajstić information content (AvgIpc) is 2.80. The van der Waals surface area contributed by atoms with Gasteiger partial charge in [0.1, 0.15) is 0 Å². The first-order valence-corrected chi connectivity index (χ1v) is 6.31. The van der Waals surface area contributed by atoms with Crippen LogP contribution in [-0.4, -0.2) is 20.1 Å². The van der Waals surface area contributed by atoms with Crippen molar-refractivity contribution in [2.24, 2.45) is 5.92 Å². The first-order chi connectivity index (χ1) is 7.79. The molecule has 0 amide bonds. The minimum Gasteiger partial charge on any atom is -0.316 e. The lowest BCUT2D eigenvalue weighted by atomic mass is 9.94. The quantitative estimate of drug-likeness (QED) is 0.843. The third-order valence-corrected chi connectivity index (χ3v) is 3.60. The lowest BCUT2D eigenvalue weighted by molar-refractivity contribution is 0.430. The van der Waals surface area contributed by atoms with Gasteiger partial charge in [0.05, 0.1) is 0 Å². The second-order valence-electron chi connectivity index (χ2n) is 4.49. The topological polar surface area (TPSA) is 24.1 Å². The Morgan fingerprint density at radius 2 is 2.19 bits per heavy atom. The van der Waals surface area contributed by atoms with E-state index in [1.807, 2.05) is 19.2 Å². The normalized spacial score (nSPS) is 22.2. The smallest absolute Gasteiger partial charge is 0.0406 e. The molecule has 0 aromatic heterocycles. The number of nitrogens with one attached hydrogen (secondary N) is 2. The molecule has 2 rings (SSSR count). The monoisotopic (exact) mass is 238 g/mol. The van der Waals surface area contributed by atoms with E-state index >= 15 is 0 Å². The Kier molecular flexibility index (Phi) is 4.22. The second kappa shape index (κ2) is 5.67. The molecule has 1 heterocycles. The molecule has 0 aliphatic carbocycles. The molecule has 16 heavy (non-hydrogen) atoms. The summed E-state index contributed by atoms with van der Waals surface area (Å²) in [6.45, 7) is 2.33. The number of hydrogen-bond donors (Lipinski definition) is 2. The Morgan fingerprint density at radius 3 is 2.75 bits per heavy atom. The summed E-state index contributed by atoms with van der Waals surface area (Å²) in [7, 11) is 2.03. The molecule has 2 atom stereocenters. The number of halogens is 1. The Morgan fingerprint density at radius 1 is 1.44 bits per heavy atom. The number of benzene rings is 1. The molecule has 2 unspecified atom stereocenters. The van der Waals surface area contributed by atoms with Crippen LogP contribution in [0.4, 0.5) is 0 Å². The van der Waals surface area contributed by atoms with Gasteiger partial charge < -0.3 is 10.6 Å².